The van der Waals surface area contributed by atoms with E-state index in [9.17, 15) is 9.18 Å². The van der Waals surface area contributed by atoms with Gasteiger partial charge in [0.2, 0.25) is 11.1 Å². The number of nitrogens with one attached hydrogen (secondary N) is 1. The minimum atomic E-state index is -0.518. The van der Waals surface area contributed by atoms with Gasteiger partial charge in [-0.2, -0.15) is 10.1 Å². The monoisotopic (exact) mass is 412 g/mol. The van der Waals surface area contributed by atoms with Crippen LogP contribution in [0.5, 0.6) is 0 Å². The Morgan fingerprint density at radius 2 is 2.10 bits per heavy atom. The van der Waals surface area contributed by atoms with Crippen LogP contribution in [0.15, 0.2) is 36.0 Å². The summed E-state index contributed by atoms with van der Waals surface area (Å²) >= 11 is 1.42. The fourth-order valence-electron chi connectivity index (χ4n) is 3.00. The number of rotatable bonds is 5. The van der Waals surface area contributed by atoms with Gasteiger partial charge in [-0.3, -0.25) is 4.79 Å². The molecule has 148 valence electrons. The molecule has 9 nitrogen and oxygen atoms in total. The summed E-state index contributed by atoms with van der Waals surface area (Å²) in [6.45, 7) is 3.70. The molecule has 11 heteroatoms. The molecular formula is C18H17FN8OS. The number of fused-ring (bicyclic) bond motifs is 1. The van der Waals surface area contributed by atoms with Crippen molar-refractivity contribution in [3.8, 4) is 5.69 Å². The minimum Gasteiger partial charge on any atom is -0.326 e. The smallest absolute Gasteiger partial charge is 0.253 e. The molecule has 29 heavy (non-hydrogen) atoms. The van der Waals surface area contributed by atoms with E-state index in [1.807, 2.05) is 20.1 Å². The van der Waals surface area contributed by atoms with Crippen LogP contribution >= 0.6 is 11.8 Å². The van der Waals surface area contributed by atoms with Crippen LogP contribution in [0.25, 0.3) is 11.5 Å². The predicted octanol–water partition coefficient (Wildman–Crippen LogP) is 2.36. The third-order valence-electron chi connectivity index (χ3n) is 4.45. The summed E-state index contributed by atoms with van der Waals surface area (Å²) in [5.74, 6) is -0.300. The number of hydrogen-bond donors (Lipinski definition) is 1. The molecule has 0 aliphatic heterocycles. The summed E-state index contributed by atoms with van der Waals surface area (Å²) in [5, 5.41) is 11.6. The quantitative estimate of drug-likeness (QED) is 0.502. The fraction of sp³-hybridized carbons (Fsp3) is 0.222. The molecule has 0 spiro atoms. The number of carbonyl (C=O) groups excluding carboxylic acids is 1. The van der Waals surface area contributed by atoms with Crippen molar-refractivity contribution in [2.24, 2.45) is 0 Å². The summed E-state index contributed by atoms with van der Waals surface area (Å²) in [4.78, 5) is 25.1. The molecule has 0 radical (unpaired) electrons. The summed E-state index contributed by atoms with van der Waals surface area (Å²) in [6, 6.07) is 4.39. The first kappa shape index (κ1) is 19.0. The highest BCUT2D eigenvalue weighted by Crippen LogP contribution is 2.20. The van der Waals surface area contributed by atoms with E-state index in [-0.39, 0.29) is 18.0 Å². The van der Waals surface area contributed by atoms with E-state index in [0.29, 0.717) is 22.3 Å². The van der Waals surface area contributed by atoms with Gasteiger partial charge >= 0.3 is 0 Å². The van der Waals surface area contributed by atoms with Crippen molar-refractivity contribution < 1.29 is 9.18 Å². The van der Waals surface area contributed by atoms with Crippen molar-refractivity contribution in [2.45, 2.75) is 25.4 Å². The van der Waals surface area contributed by atoms with Gasteiger partial charge in [0.1, 0.15) is 18.3 Å². The highest BCUT2D eigenvalue weighted by atomic mass is 32.2. The number of carbonyl (C=O) groups is 1. The van der Waals surface area contributed by atoms with E-state index in [1.165, 1.54) is 41.2 Å². The maximum atomic E-state index is 14.4. The Hall–Kier alpha value is -3.34. The molecule has 0 aliphatic carbocycles. The molecule has 4 rings (SSSR count). The Labute approximate surface area is 169 Å². The van der Waals surface area contributed by atoms with E-state index in [0.717, 1.165) is 11.3 Å². The van der Waals surface area contributed by atoms with E-state index < -0.39 is 5.82 Å². The average molecular weight is 412 g/mol. The van der Waals surface area contributed by atoms with E-state index in [2.05, 4.69) is 30.5 Å². The van der Waals surface area contributed by atoms with E-state index >= 15 is 0 Å². The molecule has 0 fully saturated rings. The predicted molar refractivity (Wildman–Crippen MR) is 106 cm³/mol. The highest BCUT2D eigenvalue weighted by Gasteiger charge is 2.16. The van der Waals surface area contributed by atoms with Crippen LogP contribution in [0.3, 0.4) is 0 Å². The van der Waals surface area contributed by atoms with Crippen molar-refractivity contribution in [3.05, 3.63) is 53.6 Å². The van der Waals surface area contributed by atoms with Gasteiger partial charge in [0.05, 0.1) is 6.42 Å². The summed E-state index contributed by atoms with van der Waals surface area (Å²) in [7, 11) is 0. The number of nitrogens with zero attached hydrogens (tertiary/aromatic N) is 7. The molecule has 3 aromatic heterocycles. The Kier molecular flexibility index (Phi) is 4.97. The third kappa shape index (κ3) is 3.68. The second-order valence-corrected chi connectivity index (χ2v) is 7.08. The van der Waals surface area contributed by atoms with Gasteiger partial charge in [-0.15, -0.1) is 5.10 Å². The van der Waals surface area contributed by atoms with Gasteiger partial charge in [-0.25, -0.2) is 23.6 Å². The van der Waals surface area contributed by atoms with Crippen LogP contribution < -0.4 is 5.32 Å². The van der Waals surface area contributed by atoms with Gasteiger partial charge in [-0.05, 0) is 38.3 Å². The molecule has 0 saturated heterocycles. The van der Waals surface area contributed by atoms with Crippen LogP contribution in [-0.2, 0) is 11.2 Å². The SMILES string of the molecule is CSc1nc2nc(C)c(CC(=O)Nc3ccc(-n4cncn4)c(F)c3)c(C)n2n1. The lowest BCUT2D eigenvalue weighted by Crippen LogP contribution is -2.18. The van der Waals surface area contributed by atoms with Crippen LogP contribution in [0.2, 0.25) is 0 Å². The van der Waals surface area contributed by atoms with Crippen molar-refractivity contribution in [1.82, 2.24) is 34.3 Å². The number of amides is 1. The zero-order valence-corrected chi connectivity index (χ0v) is 16.7. The molecule has 1 aromatic carbocycles. The molecule has 1 N–H and O–H groups in total. The number of hydrogen-bond acceptors (Lipinski definition) is 7. The van der Waals surface area contributed by atoms with Crippen molar-refractivity contribution in [2.75, 3.05) is 11.6 Å². The Balaban J connectivity index is 1.55. The fourth-order valence-corrected chi connectivity index (χ4v) is 3.34. The molecule has 0 bridgehead atoms. The summed E-state index contributed by atoms with van der Waals surface area (Å²) in [5.41, 5.74) is 2.86. The second-order valence-electron chi connectivity index (χ2n) is 6.30. The van der Waals surface area contributed by atoms with Gasteiger partial charge in [-0.1, -0.05) is 11.8 Å². The lowest BCUT2D eigenvalue weighted by Gasteiger charge is -2.11. The van der Waals surface area contributed by atoms with Gasteiger partial charge in [0, 0.05) is 22.6 Å². The Morgan fingerprint density at radius 3 is 2.79 bits per heavy atom. The van der Waals surface area contributed by atoms with E-state index in [4.69, 9.17) is 0 Å². The molecule has 3 heterocycles. The Morgan fingerprint density at radius 1 is 1.28 bits per heavy atom. The molecular weight excluding hydrogens is 395 g/mol. The number of anilines is 1. The zero-order valence-electron chi connectivity index (χ0n) is 15.9. The number of halogens is 1. The lowest BCUT2D eigenvalue weighted by molar-refractivity contribution is -0.115. The van der Waals surface area contributed by atoms with Crippen molar-refractivity contribution in [3.63, 3.8) is 0 Å². The normalized spacial score (nSPS) is 11.2. The first-order valence-electron chi connectivity index (χ1n) is 8.67. The third-order valence-corrected chi connectivity index (χ3v) is 4.98. The van der Waals surface area contributed by atoms with E-state index in [1.54, 1.807) is 10.6 Å². The van der Waals surface area contributed by atoms with Crippen molar-refractivity contribution in [1.29, 1.82) is 0 Å². The number of aryl methyl sites for hydroxylation is 2. The first-order chi connectivity index (χ1) is 14.0. The maximum absolute atomic E-state index is 14.4. The van der Waals surface area contributed by atoms with Crippen LogP contribution in [0.4, 0.5) is 10.1 Å². The van der Waals surface area contributed by atoms with Crippen LogP contribution in [-0.4, -0.2) is 46.5 Å². The molecule has 1 amide bonds. The van der Waals surface area contributed by atoms with Crippen LogP contribution in [0.1, 0.15) is 17.0 Å². The summed E-state index contributed by atoms with van der Waals surface area (Å²) < 4.78 is 17.3. The largest absolute Gasteiger partial charge is 0.326 e. The highest BCUT2D eigenvalue weighted by molar-refractivity contribution is 7.98. The molecule has 0 unspecified atom stereocenters. The second kappa shape index (κ2) is 7.59. The number of benzene rings is 1. The number of thioether (sulfide) groups is 1. The zero-order chi connectivity index (χ0) is 20.5. The van der Waals surface area contributed by atoms with Gasteiger partial charge in [0.15, 0.2) is 5.82 Å². The molecule has 0 aliphatic rings. The van der Waals surface area contributed by atoms with Crippen molar-refractivity contribution >= 4 is 29.1 Å². The maximum Gasteiger partial charge on any atom is 0.253 e. The van der Waals surface area contributed by atoms with Gasteiger partial charge < -0.3 is 5.32 Å². The molecule has 4 aromatic rings. The number of aromatic nitrogens is 7. The molecule has 0 saturated carbocycles. The topological polar surface area (TPSA) is 103 Å². The average Bonchev–Trinajstić information content (AvgIpc) is 3.35. The molecule has 0 atom stereocenters. The van der Waals surface area contributed by atoms with Gasteiger partial charge in [0.25, 0.3) is 5.78 Å². The Bertz CT molecular complexity index is 1200. The first-order valence-corrected chi connectivity index (χ1v) is 9.90. The summed E-state index contributed by atoms with van der Waals surface area (Å²) in [6.07, 6.45) is 4.69. The van der Waals surface area contributed by atoms with Crippen LogP contribution in [0, 0.1) is 19.7 Å². The standard InChI is InChI=1S/C18H17FN8OS/c1-10-13(11(2)27-17(22-10)24-18(25-27)29-3)7-16(28)23-12-4-5-15(14(19)6-12)26-9-20-8-21-26/h4-6,8-9H,7H2,1-3H3,(H,23,28). The minimum absolute atomic E-state index is 0.0848. The lowest BCUT2D eigenvalue weighted by atomic mass is 10.1.